The molecule has 1 aliphatic carbocycles. The number of aromatic nitrogens is 5. The molecule has 200 valence electrons. The van der Waals surface area contributed by atoms with Crippen LogP contribution in [0.5, 0.6) is 11.8 Å². The van der Waals surface area contributed by atoms with Crippen molar-refractivity contribution in [3.63, 3.8) is 0 Å². The van der Waals surface area contributed by atoms with Gasteiger partial charge in [-0.05, 0) is 45.6 Å². The Morgan fingerprint density at radius 2 is 2.03 bits per heavy atom. The summed E-state index contributed by atoms with van der Waals surface area (Å²) in [5.41, 5.74) is 0.664. The normalized spacial score (nSPS) is 20.9. The van der Waals surface area contributed by atoms with Crippen molar-refractivity contribution in [2.45, 2.75) is 63.6 Å². The van der Waals surface area contributed by atoms with E-state index in [1.807, 2.05) is 18.7 Å². The van der Waals surface area contributed by atoms with Crippen molar-refractivity contribution in [2.75, 3.05) is 19.0 Å². The number of likely N-dealkylation sites (tertiary alicyclic amines) is 1. The Morgan fingerprint density at radius 3 is 2.79 bits per heavy atom. The molecule has 1 atom stereocenters. The van der Waals surface area contributed by atoms with Crippen LogP contribution in [-0.2, 0) is 11.3 Å². The highest BCUT2D eigenvalue weighted by atomic mass is 19.1. The Hall–Kier alpha value is -3.96. The molecule has 0 aromatic carbocycles. The molecule has 5 heterocycles. The van der Waals surface area contributed by atoms with Crippen LogP contribution in [0, 0.1) is 11.7 Å². The van der Waals surface area contributed by atoms with Gasteiger partial charge in [-0.2, -0.15) is 10.2 Å². The zero-order valence-corrected chi connectivity index (χ0v) is 21.6. The number of nitrogens with one attached hydrogen (secondary N) is 2. The van der Waals surface area contributed by atoms with Gasteiger partial charge in [-0.25, -0.2) is 14.1 Å². The lowest BCUT2D eigenvalue weighted by Crippen LogP contribution is -2.50. The maximum absolute atomic E-state index is 14.4. The summed E-state index contributed by atoms with van der Waals surface area (Å²) in [5.74, 6) is -0.247. The Bertz CT molecular complexity index is 1410. The first-order chi connectivity index (χ1) is 18.2. The fourth-order valence-corrected chi connectivity index (χ4v) is 5.44. The summed E-state index contributed by atoms with van der Waals surface area (Å²) in [6.07, 6.45) is 6.32. The molecule has 6 rings (SSSR count). The van der Waals surface area contributed by atoms with Crippen LogP contribution in [0.15, 0.2) is 24.5 Å². The van der Waals surface area contributed by atoms with Crippen LogP contribution in [0.4, 0.5) is 10.1 Å². The molecular weight excluding hydrogens is 493 g/mol. The first kappa shape index (κ1) is 24.4. The fraction of sp³-hybridized carbons (Fsp3) is 0.500. The highest BCUT2D eigenvalue weighted by molar-refractivity contribution is 5.96. The quantitative estimate of drug-likeness (QED) is 0.525. The van der Waals surface area contributed by atoms with E-state index in [4.69, 9.17) is 9.47 Å². The number of amides is 2. The molecule has 11 nitrogen and oxygen atoms in total. The van der Waals surface area contributed by atoms with Gasteiger partial charge in [0, 0.05) is 42.6 Å². The number of rotatable bonds is 5. The summed E-state index contributed by atoms with van der Waals surface area (Å²) in [7, 11) is 1.44. The number of fused-ring (bicyclic) bond motifs is 1. The van der Waals surface area contributed by atoms with Crippen LogP contribution in [0.1, 0.15) is 56.4 Å². The van der Waals surface area contributed by atoms with E-state index in [2.05, 4.69) is 25.6 Å². The number of carbonyl (C=O) groups excluding carboxylic acids is 2. The predicted octanol–water partition coefficient (Wildman–Crippen LogP) is 3.40. The highest BCUT2D eigenvalue weighted by Crippen LogP contribution is 2.51. The number of hydrogen-bond acceptors (Lipinski definition) is 7. The topological polar surface area (TPSA) is 127 Å². The molecule has 3 aromatic heterocycles. The SMILES string of the molecule is COc1cc(-c2cc(C(=O)N3CCC(C(=O)Nc4cnn5c4OC(C)(C)CC5)CC34CC4)[nH]n2)c(F)cn1. The first-order valence-corrected chi connectivity index (χ1v) is 12.8. The molecule has 2 aliphatic heterocycles. The molecule has 2 fully saturated rings. The van der Waals surface area contributed by atoms with Gasteiger partial charge in [0.05, 0.1) is 25.2 Å². The maximum atomic E-state index is 14.4. The Balaban J connectivity index is 1.14. The second-order valence-electron chi connectivity index (χ2n) is 10.9. The number of aryl methyl sites for hydroxylation is 1. The van der Waals surface area contributed by atoms with Gasteiger partial charge in [-0.15, -0.1) is 0 Å². The van der Waals surface area contributed by atoms with Crippen LogP contribution in [0.3, 0.4) is 0 Å². The predicted molar refractivity (Wildman–Crippen MR) is 134 cm³/mol. The number of aromatic amines is 1. The highest BCUT2D eigenvalue weighted by Gasteiger charge is 2.54. The average Bonchev–Trinajstić information content (AvgIpc) is 3.31. The maximum Gasteiger partial charge on any atom is 0.272 e. The second kappa shape index (κ2) is 8.81. The van der Waals surface area contributed by atoms with Crippen LogP contribution in [0.2, 0.25) is 0 Å². The standard InChI is InChI=1S/C26H30FN7O4/c1-25(2)7-9-34-24(38-25)20(14-29-34)30-22(35)15-4-8-33(26(12-15)5-6-26)23(36)19-11-18(31-32-19)16-10-21(37-3)28-13-17(16)27/h10-11,13-15H,4-9,12H2,1-3H3,(H,30,35)(H,31,32). The number of anilines is 1. The van der Waals surface area contributed by atoms with Gasteiger partial charge in [0.25, 0.3) is 5.91 Å². The minimum atomic E-state index is -0.560. The van der Waals surface area contributed by atoms with Crippen LogP contribution < -0.4 is 14.8 Å². The number of H-pyrrole nitrogens is 1. The minimum Gasteiger partial charge on any atom is -0.481 e. The Kier molecular flexibility index (Phi) is 5.65. The number of piperidine rings is 1. The number of nitrogens with zero attached hydrogens (tertiary/aromatic N) is 5. The summed E-state index contributed by atoms with van der Waals surface area (Å²) in [6, 6.07) is 2.98. The number of halogens is 1. The molecule has 1 spiro atoms. The van der Waals surface area contributed by atoms with E-state index in [1.165, 1.54) is 13.2 Å². The van der Waals surface area contributed by atoms with E-state index in [1.54, 1.807) is 16.9 Å². The summed E-state index contributed by atoms with van der Waals surface area (Å²) >= 11 is 0. The summed E-state index contributed by atoms with van der Waals surface area (Å²) in [6.45, 7) is 5.22. The van der Waals surface area contributed by atoms with Crippen LogP contribution in [0.25, 0.3) is 11.3 Å². The largest absolute Gasteiger partial charge is 0.481 e. The fourth-order valence-electron chi connectivity index (χ4n) is 5.44. The monoisotopic (exact) mass is 523 g/mol. The van der Waals surface area contributed by atoms with E-state index in [0.29, 0.717) is 36.6 Å². The van der Waals surface area contributed by atoms with Crippen LogP contribution in [-0.4, -0.2) is 66.5 Å². The van der Waals surface area contributed by atoms with Gasteiger partial charge in [0.1, 0.15) is 17.0 Å². The van der Waals surface area contributed by atoms with E-state index in [9.17, 15) is 14.0 Å². The van der Waals surface area contributed by atoms with E-state index in [-0.39, 0.29) is 46.0 Å². The molecule has 3 aliphatic rings. The van der Waals surface area contributed by atoms with E-state index < -0.39 is 5.82 Å². The summed E-state index contributed by atoms with van der Waals surface area (Å²) in [5, 5.41) is 14.3. The lowest BCUT2D eigenvalue weighted by Gasteiger charge is -2.39. The third-order valence-corrected chi connectivity index (χ3v) is 7.81. The first-order valence-electron chi connectivity index (χ1n) is 12.8. The summed E-state index contributed by atoms with van der Waals surface area (Å²) < 4.78 is 27.3. The Morgan fingerprint density at radius 1 is 1.21 bits per heavy atom. The molecule has 1 saturated carbocycles. The van der Waals surface area contributed by atoms with Crippen LogP contribution >= 0.6 is 0 Å². The van der Waals surface area contributed by atoms with Crippen molar-refractivity contribution < 1.29 is 23.5 Å². The van der Waals surface area contributed by atoms with Gasteiger partial charge in [-0.3, -0.25) is 14.7 Å². The molecule has 2 amide bonds. The smallest absolute Gasteiger partial charge is 0.272 e. The zero-order valence-electron chi connectivity index (χ0n) is 21.6. The Labute approximate surface area is 218 Å². The van der Waals surface area contributed by atoms with Crippen molar-refractivity contribution in [3.8, 4) is 23.0 Å². The molecule has 3 aromatic rings. The molecule has 0 radical (unpaired) electrons. The van der Waals surface area contributed by atoms with Gasteiger partial charge in [0.2, 0.25) is 17.7 Å². The summed E-state index contributed by atoms with van der Waals surface area (Å²) in [4.78, 5) is 32.4. The molecule has 1 unspecified atom stereocenters. The number of ether oxygens (including phenoxy) is 2. The van der Waals surface area contributed by atoms with Crippen molar-refractivity contribution in [1.29, 1.82) is 0 Å². The molecule has 2 N–H and O–H groups in total. The van der Waals surface area contributed by atoms with Gasteiger partial charge in [-0.1, -0.05) is 0 Å². The van der Waals surface area contributed by atoms with Gasteiger partial charge < -0.3 is 19.7 Å². The molecule has 38 heavy (non-hydrogen) atoms. The lowest BCUT2D eigenvalue weighted by atomic mass is 9.88. The van der Waals surface area contributed by atoms with Crippen molar-refractivity contribution in [1.82, 2.24) is 29.9 Å². The number of hydrogen-bond donors (Lipinski definition) is 2. The third-order valence-electron chi connectivity index (χ3n) is 7.81. The minimum absolute atomic E-state index is 0.0860. The number of pyridine rings is 1. The van der Waals surface area contributed by atoms with Crippen molar-refractivity contribution in [2.24, 2.45) is 5.92 Å². The third kappa shape index (κ3) is 4.27. The lowest BCUT2D eigenvalue weighted by molar-refractivity contribution is -0.122. The van der Waals surface area contributed by atoms with Gasteiger partial charge in [0.15, 0.2) is 5.82 Å². The zero-order chi connectivity index (χ0) is 26.7. The molecule has 0 bridgehead atoms. The number of carbonyl (C=O) groups is 2. The van der Waals surface area contributed by atoms with Crippen molar-refractivity contribution >= 4 is 17.5 Å². The molecular formula is C26H30FN7O4. The molecule has 1 saturated heterocycles. The second-order valence-corrected chi connectivity index (χ2v) is 10.9. The van der Waals surface area contributed by atoms with E-state index >= 15 is 0 Å². The molecule has 12 heteroatoms. The van der Waals surface area contributed by atoms with Gasteiger partial charge >= 0.3 is 0 Å². The van der Waals surface area contributed by atoms with Crippen molar-refractivity contribution in [3.05, 3.63) is 36.0 Å². The average molecular weight is 524 g/mol. The van der Waals surface area contributed by atoms with E-state index in [0.717, 1.165) is 32.0 Å². The number of methoxy groups -OCH3 is 1.